The van der Waals surface area contributed by atoms with Gasteiger partial charge in [-0.15, -0.1) is 0 Å². The van der Waals surface area contributed by atoms with E-state index in [1.807, 2.05) is 13.8 Å². The van der Waals surface area contributed by atoms with Crippen LogP contribution in [-0.2, 0) is 4.79 Å². The van der Waals surface area contributed by atoms with Gasteiger partial charge in [-0.2, -0.15) is 0 Å². The summed E-state index contributed by atoms with van der Waals surface area (Å²) in [4.78, 5) is 13.8. The van der Waals surface area contributed by atoms with E-state index >= 15 is 0 Å². The van der Waals surface area contributed by atoms with Crippen LogP contribution < -0.4 is 5.32 Å². The summed E-state index contributed by atoms with van der Waals surface area (Å²) in [5, 5.41) is 12.7. The van der Waals surface area contributed by atoms with Crippen LogP contribution in [0.15, 0.2) is 0 Å². The molecule has 1 heterocycles. The van der Waals surface area contributed by atoms with Crippen molar-refractivity contribution < 1.29 is 9.90 Å². The predicted octanol–water partition coefficient (Wildman–Crippen LogP) is 1.70. The van der Waals surface area contributed by atoms with Crippen molar-refractivity contribution in [1.82, 2.24) is 10.2 Å². The number of carboxylic acids is 1. The zero-order valence-electron chi connectivity index (χ0n) is 11.3. The summed E-state index contributed by atoms with van der Waals surface area (Å²) in [6.07, 6.45) is 3.81. The van der Waals surface area contributed by atoms with E-state index in [4.69, 9.17) is 0 Å². The van der Waals surface area contributed by atoms with Crippen LogP contribution in [0.1, 0.15) is 46.5 Å². The highest BCUT2D eigenvalue weighted by molar-refractivity contribution is 5.78. The Balaban J connectivity index is 2.51. The fourth-order valence-corrected chi connectivity index (χ4v) is 2.69. The third-order valence-corrected chi connectivity index (χ3v) is 3.87. The topological polar surface area (TPSA) is 52.6 Å². The fraction of sp³-hybridized carbons (Fsp3) is 0.923. The van der Waals surface area contributed by atoms with Gasteiger partial charge in [0.2, 0.25) is 0 Å². The van der Waals surface area contributed by atoms with Crippen LogP contribution >= 0.6 is 0 Å². The number of hydrogen-bond acceptors (Lipinski definition) is 3. The summed E-state index contributed by atoms with van der Waals surface area (Å²) >= 11 is 0. The van der Waals surface area contributed by atoms with Crippen LogP contribution in [0.25, 0.3) is 0 Å². The van der Waals surface area contributed by atoms with Crippen molar-refractivity contribution in [3.05, 3.63) is 0 Å². The molecule has 0 aromatic heterocycles. The molecule has 1 unspecified atom stereocenters. The first-order valence-electron chi connectivity index (χ1n) is 6.77. The summed E-state index contributed by atoms with van der Waals surface area (Å²) in [7, 11) is 0. The molecule has 4 heteroatoms. The first-order valence-corrected chi connectivity index (χ1v) is 6.77. The second-order valence-electron chi connectivity index (χ2n) is 5.15. The Bertz CT molecular complexity index is 246. The van der Waals surface area contributed by atoms with Gasteiger partial charge in [0.1, 0.15) is 5.54 Å². The first-order chi connectivity index (χ1) is 8.04. The summed E-state index contributed by atoms with van der Waals surface area (Å²) in [5.74, 6) is -0.726. The maximum atomic E-state index is 11.4. The van der Waals surface area contributed by atoms with E-state index in [1.54, 1.807) is 0 Å². The second kappa shape index (κ2) is 6.36. The van der Waals surface area contributed by atoms with Gasteiger partial charge >= 0.3 is 5.97 Å². The van der Waals surface area contributed by atoms with E-state index in [2.05, 4.69) is 17.1 Å². The van der Waals surface area contributed by atoms with Crippen LogP contribution in [0.5, 0.6) is 0 Å². The molecule has 4 nitrogen and oxygen atoms in total. The fourth-order valence-electron chi connectivity index (χ4n) is 2.69. The standard InChI is InChI=1S/C13H26N2O2/c1-4-13(5-2,12(16)17)14-11(3)10-15-8-6-7-9-15/h11,14H,4-10H2,1-3H3,(H,16,17). The van der Waals surface area contributed by atoms with Crippen molar-refractivity contribution in [1.29, 1.82) is 0 Å². The molecule has 0 aromatic carbocycles. The third-order valence-electron chi connectivity index (χ3n) is 3.87. The summed E-state index contributed by atoms with van der Waals surface area (Å²) < 4.78 is 0. The Kier molecular flexibility index (Phi) is 5.40. The van der Waals surface area contributed by atoms with Gasteiger partial charge in [0.25, 0.3) is 0 Å². The van der Waals surface area contributed by atoms with E-state index in [-0.39, 0.29) is 6.04 Å². The number of likely N-dealkylation sites (tertiary alicyclic amines) is 1. The van der Waals surface area contributed by atoms with Crippen LogP contribution in [0.2, 0.25) is 0 Å². The monoisotopic (exact) mass is 242 g/mol. The highest BCUT2D eigenvalue weighted by Gasteiger charge is 2.35. The minimum absolute atomic E-state index is 0.226. The Hall–Kier alpha value is -0.610. The lowest BCUT2D eigenvalue weighted by Gasteiger charge is -2.33. The van der Waals surface area contributed by atoms with Crippen molar-refractivity contribution in [3.8, 4) is 0 Å². The van der Waals surface area contributed by atoms with Gasteiger partial charge in [0.15, 0.2) is 0 Å². The van der Waals surface area contributed by atoms with E-state index < -0.39 is 11.5 Å². The van der Waals surface area contributed by atoms with Crippen molar-refractivity contribution in [2.45, 2.75) is 58.0 Å². The van der Waals surface area contributed by atoms with Gasteiger partial charge < -0.3 is 10.0 Å². The molecule has 17 heavy (non-hydrogen) atoms. The normalized spacial score (nSPS) is 19.5. The summed E-state index contributed by atoms with van der Waals surface area (Å²) in [5.41, 5.74) is -0.751. The number of carbonyl (C=O) groups is 1. The van der Waals surface area contributed by atoms with Crippen LogP contribution in [0.4, 0.5) is 0 Å². The molecule has 1 rings (SSSR count). The molecule has 0 aliphatic carbocycles. The predicted molar refractivity (Wildman–Crippen MR) is 69.2 cm³/mol. The zero-order valence-corrected chi connectivity index (χ0v) is 11.3. The van der Waals surface area contributed by atoms with Crippen molar-refractivity contribution in [2.75, 3.05) is 19.6 Å². The highest BCUT2D eigenvalue weighted by atomic mass is 16.4. The zero-order chi connectivity index (χ0) is 12.9. The lowest BCUT2D eigenvalue weighted by atomic mass is 9.92. The highest BCUT2D eigenvalue weighted by Crippen LogP contribution is 2.17. The molecule has 0 spiro atoms. The molecule has 1 aliphatic heterocycles. The molecule has 0 saturated carbocycles. The van der Waals surface area contributed by atoms with Gasteiger partial charge in [-0.05, 0) is 45.7 Å². The molecular formula is C13H26N2O2. The Morgan fingerprint density at radius 1 is 1.35 bits per heavy atom. The van der Waals surface area contributed by atoms with Crippen LogP contribution in [0, 0.1) is 0 Å². The lowest BCUT2D eigenvalue weighted by molar-refractivity contribution is -0.145. The van der Waals surface area contributed by atoms with E-state index in [1.165, 1.54) is 12.8 Å². The van der Waals surface area contributed by atoms with Gasteiger partial charge in [0.05, 0.1) is 0 Å². The molecule has 1 fully saturated rings. The minimum Gasteiger partial charge on any atom is -0.480 e. The van der Waals surface area contributed by atoms with Crippen LogP contribution in [-0.4, -0.2) is 47.2 Å². The lowest BCUT2D eigenvalue weighted by Crippen LogP contribution is -2.56. The maximum absolute atomic E-state index is 11.4. The molecule has 2 N–H and O–H groups in total. The van der Waals surface area contributed by atoms with Gasteiger partial charge in [-0.3, -0.25) is 10.1 Å². The first kappa shape index (κ1) is 14.5. The number of nitrogens with one attached hydrogen (secondary N) is 1. The Morgan fingerprint density at radius 3 is 2.29 bits per heavy atom. The number of rotatable bonds is 7. The minimum atomic E-state index is -0.751. The van der Waals surface area contributed by atoms with Crippen molar-refractivity contribution in [3.63, 3.8) is 0 Å². The molecule has 0 bridgehead atoms. The Labute approximate surface area is 104 Å². The van der Waals surface area contributed by atoms with E-state index in [9.17, 15) is 9.90 Å². The SMILES string of the molecule is CCC(CC)(NC(C)CN1CCCC1)C(=O)O. The summed E-state index contributed by atoms with van der Waals surface area (Å²) in [6.45, 7) is 9.23. The maximum Gasteiger partial charge on any atom is 0.323 e. The Morgan fingerprint density at radius 2 is 1.88 bits per heavy atom. The largest absolute Gasteiger partial charge is 0.480 e. The van der Waals surface area contributed by atoms with Gasteiger partial charge in [-0.1, -0.05) is 13.8 Å². The van der Waals surface area contributed by atoms with Gasteiger partial charge in [0, 0.05) is 12.6 Å². The number of hydrogen-bond donors (Lipinski definition) is 2. The molecule has 1 atom stereocenters. The molecule has 0 radical (unpaired) electrons. The molecule has 1 saturated heterocycles. The number of aliphatic carboxylic acids is 1. The van der Waals surface area contributed by atoms with E-state index in [0.29, 0.717) is 12.8 Å². The number of nitrogens with zero attached hydrogens (tertiary/aromatic N) is 1. The molecule has 0 amide bonds. The van der Waals surface area contributed by atoms with Crippen molar-refractivity contribution in [2.24, 2.45) is 0 Å². The van der Waals surface area contributed by atoms with Crippen LogP contribution in [0.3, 0.4) is 0 Å². The number of carboxylic acid groups (broad SMARTS) is 1. The van der Waals surface area contributed by atoms with E-state index in [0.717, 1.165) is 19.6 Å². The quantitative estimate of drug-likeness (QED) is 0.713. The smallest absolute Gasteiger partial charge is 0.323 e. The molecule has 100 valence electrons. The third kappa shape index (κ3) is 3.68. The molecular weight excluding hydrogens is 216 g/mol. The average Bonchev–Trinajstić information content (AvgIpc) is 2.78. The average molecular weight is 242 g/mol. The van der Waals surface area contributed by atoms with Gasteiger partial charge in [-0.25, -0.2) is 0 Å². The molecule has 0 aromatic rings. The summed E-state index contributed by atoms with van der Waals surface area (Å²) in [6, 6.07) is 0.226. The molecule has 1 aliphatic rings. The second-order valence-corrected chi connectivity index (χ2v) is 5.15. The van der Waals surface area contributed by atoms with Crippen molar-refractivity contribution >= 4 is 5.97 Å².